The Morgan fingerprint density at radius 1 is 1.27 bits per heavy atom. The summed E-state index contributed by atoms with van der Waals surface area (Å²) in [6.45, 7) is 0. The molecule has 0 radical (unpaired) electrons. The van der Waals surface area contributed by atoms with Crippen LogP contribution in [0.4, 0.5) is 0 Å². The molecule has 0 aliphatic carbocycles. The quantitative estimate of drug-likeness (QED) is 0.692. The van der Waals surface area contributed by atoms with Crippen molar-refractivity contribution in [2.24, 2.45) is 7.05 Å². The second-order valence-corrected chi connectivity index (χ2v) is 8.00. The molecule has 10 heteroatoms. The van der Waals surface area contributed by atoms with Crippen molar-refractivity contribution in [2.45, 2.75) is 23.4 Å². The summed E-state index contributed by atoms with van der Waals surface area (Å²) < 4.78 is 30.3. The van der Waals surface area contributed by atoms with Crippen LogP contribution >= 0.6 is 0 Å². The maximum atomic E-state index is 13.0. The van der Waals surface area contributed by atoms with Gasteiger partial charge in [0.25, 0.3) is 0 Å². The van der Waals surface area contributed by atoms with Crippen LogP contribution < -0.4 is 4.72 Å². The average Bonchev–Trinajstić information content (AvgIpc) is 3.27. The highest BCUT2D eigenvalue weighted by molar-refractivity contribution is 7.89. The molecule has 2 atom stereocenters. The number of amides is 1. The van der Waals surface area contributed by atoms with Gasteiger partial charge in [-0.3, -0.25) is 9.48 Å². The lowest BCUT2D eigenvalue weighted by atomic mass is 10.1. The molecule has 0 spiro atoms. The Kier molecular flexibility index (Phi) is 3.81. The zero-order valence-electron chi connectivity index (χ0n) is 14.2. The minimum atomic E-state index is -3.84. The first kappa shape index (κ1) is 16.7. The first-order valence-electron chi connectivity index (χ1n) is 8.06. The van der Waals surface area contributed by atoms with Gasteiger partial charge in [-0.15, -0.1) is 0 Å². The molecule has 0 saturated carbocycles. The van der Waals surface area contributed by atoms with Crippen LogP contribution in [-0.4, -0.2) is 52.1 Å². The zero-order chi connectivity index (χ0) is 18.5. The topological polar surface area (TPSA) is 113 Å². The third kappa shape index (κ3) is 2.58. The Morgan fingerprint density at radius 3 is 2.81 bits per heavy atom. The summed E-state index contributed by atoms with van der Waals surface area (Å²) in [5.41, 5.74) is 1.27. The summed E-state index contributed by atoms with van der Waals surface area (Å²) in [4.78, 5) is 20.9. The first-order valence-corrected chi connectivity index (χ1v) is 9.55. The molecule has 4 heterocycles. The number of fused-ring (bicyclic) bond motifs is 1. The summed E-state index contributed by atoms with van der Waals surface area (Å²) in [7, 11) is -0.403. The third-order valence-corrected chi connectivity index (χ3v) is 6.29. The van der Waals surface area contributed by atoms with Crippen molar-refractivity contribution in [1.29, 1.82) is 0 Å². The van der Waals surface area contributed by atoms with E-state index in [1.54, 1.807) is 54.3 Å². The smallest absolute Gasteiger partial charge is 0.243 e. The van der Waals surface area contributed by atoms with Crippen LogP contribution in [0.5, 0.6) is 0 Å². The number of H-pyrrole nitrogens is 1. The molecule has 1 aliphatic heterocycles. The number of nitrogens with one attached hydrogen (secondary N) is 2. The number of nitrogens with zero attached hydrogens (tertiary/aromatic N) is 4. The number of aromatic nitrogens is 4. The SMILES string of the molecule is CN1C(=O)C[C@@H](NS(=O)(=O)c2c[nH]c3ncccc23)[C@@H]1c1ccnn1C. The molecule has 26 heavy (non-hydrogen) atoms. The Hall–Kier alpha value is -2.72. The Labute approximate surface area is 150 Å². The van der Waals surface area contributed by atoms with Crippen LogP contribution in [0.15, 0.2) is 41.7 Å². The zero-order valence-corrected chi connectivity index (χ0v) is 15.1. The number of likely N-dealkylation sites (N-methyl/N-ethyl adjacent to an activating group) is 1. The van der Waals surface area contributed by atoms with Gasteiger partial charge in [0.1, 0.15) is 10.5 Å². The normalized spacial score (nSPS) is 21.0. The van der Waals surface area contributed by atoms with Gasteiger partial charge in [-0.05, 0) is 18.2 Å². The summed E-state index contributed by atoms with van der Waals surface area (Å²) >= 11 is 0. The van der Waals surface area contributed by atoms with Crippen molar-refractivity contribution in [3.05, 3.63) is 42.5 Å². The molecule has 1 fully saturated rings. The Morgan fingerprint density at radius 2 is 2.08 bits per heavy atom. The van der Waals surface area contributed by atoms with Gasteiger partial charge in [0.2, 0.25) is 15.9 Å². The van der Waals surface area contributed by atoms with Crippen molar-refractivity contribution in [2.75, 3.05) is 7.05 Å². The third-order valence-electron chi connectivity index (χ3n) is 4.76. The van der Waals surface area contributed by atoms with E-state index >= 15 is 0 Å². The molecular formula is C16H18N6O3S. The maximum Gasteiger partial charge on any atom is 0.243 e. The molecule has 0 unspecified atom stereocenters. The molecule has 1 aliphatic rings. The van der Waals surface area contributed by atoms with E-state index in [2.05, 4.69) is 19.8 Å². The van der Waals surface area contributed by atoms with Gasteiger partial charge in [-0.1, -0.05) is 0 Å². The highest BCUT2D eigenvalue weighted by atomic mass is 32.2. The molecule has 1 saturated heterocycles. The van der Waals surface area contributed by atoms with Gasteiger partial charge < -0.3 is 9.88 Å². The lowest BCUT2D eigenvalue weighted by Gasteiger charge is -2.25. The fourth-order valence-corrected chi connectivity index (χ4v) is 4.88. The van der Waals surface area contributed by atoms with Crippen molar-refractivity contribution in [3.8, 4) is 0 Å². The van der Waals surface area contributed by atoms with Crippen LogP contribution in [-0.2, 0) is 21.9 Å². The predicted molar refractivity (Wildman–Crippen MR) is 93.5 cm³/mol. The molecular weight excluding hydrogens is 356 g/mol. The second kappa shape index (κ2) is 5.92. The Balaban J connectivity index is 1.71. The number of hydrogen-bond acceptors (Lipinski definition) is 5. The molecule has 2 N–H and O–H groups in total. The molecule has 1 amide bonds. The number of aryl methyl sites for hydroxylation is 1. The summed E-state index contributed by atoms with van der Waals surface area (Å²) in [6, 6.07) is 4.15. The molecule has 3 aromatic rings. The number of pyridine rings is 1. The van der Waals surface area contributed by atoms with E-state index < -0.39 is 22.1 Å². The van der Waals surface area contributed by atoms with Gasteiger partial charge in [0.15, 0.2) is 0 Å². The largest absolute Gasteiger partial charge is 0.345 e. The van der Waals surface area contributed by atoms with Crippen molar-refractivity contribution in [1.82, 2.24) is 29.4 Å². The minimum Gasteiger partial charge on any atom is -0.345 e. The summed E-state index contributed by atoms with van der Waals surface area (Å²) in [6.07, 6.45) is 4.72. The summed E-state index contributed by atoms with van der Waals surface area (Å²) in [5.74, 6) is -0.121. The van der Waals surface area contributed by atoms with Crippen LogP contribution in [0.1, 0.15) is 18.2 Å². The number of hydrogen-bond donors (Lipinski definition) is 2. The Bertz CT molecular complexity index is 1090. The van der Waals surface area contributed by atoms with Gasteiger partial charge >= 0.3 is 0 Å². The van der Waals surface area contributed by atoms with Crippen LogP contribution in [0.3, 0.4) is 0 Å². The fraction of sp³-hybridized carbons (Fsp3) is 0.312. The van der Waals surface area contributed by atoms with Crippen molar-refractivity contribution < 1.29 is 13.2 Å². The standard InChI is InChI=1S/C16H18N6O3S/c1-21-14(23)8-11(15(21)12-5-7-19-22(12)2)20-26(24,25)13-9-18-16-10(13)4-3-6-17-16/h3-7,9,11,15,20H,8H2,1-2H3,(H,17,18)/t11-,15-/m1/s1. The number of likely N-dealkylation sites (tertiary alicyclic amines) is 1. The number of aromatic amines is 1. The number of rotatable bonds is 4. The molecule has 4 rings (SSSR count). The van der Waals surface area contributed by atoms with Gasteiger partial charge in [-0.25, -0.2) is 18.1 Å². The number of carbonyl (C=O) groups is 1. The van der Waals surface area contributed by atoms with Crippen LogP contribution in [0, 0.1) is 0 Å². The van der Waals surface area contributed by atoms with E-state index in [1.807, 2.05) is 0 Å². The van der Waals surface area contributed by atoms with E-state index in [-0.39, 0.29) is 17.2 Å². The maximum absolute atomic E-state index is 13.0. The van der Waals surface area contributed by atoms with Crippen molar-refractivity contribution in [3.63, 3.8) is 0 Å². The summed E-state index contributed by atoms with van der Waals surface area (Å²) in [5, 5.41) is 4.64. The molecule has 9 nitrogen and oxygen atoms in total. The van der Waals surface area contributed by atoms with Gasteiger partial charge in [-0.2, -0.15) is 5.10 Å². The second-order valence-electron chi connectivity index (χ2n) is 6.31. The van der Waals surface area contributed by atoms with E-state index in [0.29, 0.717) is 11.0 Å². The van der Waals surface area contributed by atoms with Gasteiger partial charge in [0, 0.05) is 44.5 Å². The highest BCUT2D eigenvalue weighted by Gasteiger charge is 2.42. The highest BCUT2D eigenvalue weighted by Crippen LogP contribution is 2.33. The van der Waals surface area contributed by atoms with E-state index in [9.17, 15) is 13.2 Å². The fourth-order valence-electron chi connectivity index (χ4n) is 3.47. The van der Waals surface area contributed by atoms with Crippen LogP contribution in [0.25, 0.3) is 11.0 Å². The monoisotopic (exact) mass is 374 g/mol. The van der Waals surface area contributed by atoms with Crippen molar-refractivity contribution >= 4 is 27.0 Å². The molecule has 136 valence electrons. The van der Waals surface area contributed by atoms with Crippen LogP contribution in [0.2, 0.25) is 0 Å². The van der Waals surface area contributed by atoms with E-state index in [4.69, 9.17) is 0 Å². The number of sulfonamides is 1. The number of carbonyl (C=O) groups excluding carboxylic acids is 1. The van der Waals surface area contributed by atoms with Gasteiger partial charge in [0.05, 0.1) is 17.8 Å². The lowest BCUT2D eigenvalue weighted by molar-refractivity contribution is -0.127. The predicted octanol–water partition coefficient (Wildman–Crippen LogP) is 0.547. The first-order chi connectivity index (χ1) is 12.4. The average molecular weight is 374 g/mol. The molecule has 0 bridgehead atoms. The molecule has 3 aromatic heterocycles. The molecule has 0 aromatic carbocycles. The van der Waals surface area contributed by atoms with E-state index in [0.717, 1.165) is 5.69 Å². The minimum absolute atomic E-state index is 0.0895. The lowest BCUT2D eigenvalue weighted by Crippen LogP contribution is -2.39. The van der Waals surface area contributed by atoms with E-state index in [1.165, 1.54) is 6.20 Å².